The molecule has 0 unspecified atom stereocenters. The number of amides is 2. The Morgan fingerprint density at radius 1 is 1.05 bits per heavy atom. The molecule has 1 N–H and O–H groups in total. The van der Waals surface area contributed by atoms with Gasteiger partial charge in [-0.3, -0.25) is 19.6 Å². The van der Waals surface area contributed by atoms with E-state index in [2.05, 4.69) is 22.2 Å². The summed E-state index contributed by atoms with van der Waals surface area (Å²) in [6.45, 7) is 4.72. The molecule has 22 heavy (non-hydrogen) atoms. The maximum absolute atomic E-state index is 12.2. The van der Waals surface area contributed by atoms with Crippen LogP contribution in [0.2, 0.25) is 0 Å². The molecular formula is C16H17N4O2. The minimum atomic E-state index is -0.269. The number of carbonyl (C=O) groups is 2. The molecule has 0 bridgehead atoms. The Labute approximate surface area is 129 Å². The van der Waals surface area contributed by atoms with Crippen LogP contribution in [0, 0.1) is 6.92 Å². The van der Waals surface area contributed by atoms with Gasteiger partial charge in [0.25, 0.3) is 11.8 Å². The van der Waals surface area contributed by atoms with E-state index in [1.54, 1.807) is 48.8 Å². The first-order valence-electron chi connectivity index (χ1n) is 6.91. The molecule has 0 saturated heterocycles. The van der Waals surface area contributed by atoms with E-state index in [1.165, 1.54) is 4.90 Å². The Balaban J connectivity index is 1.87. The highest BCUT2D eigenvalue weighted by Gasteiger charge is 2.15. The Morgan fingerprint density at radius 2 is 1.68 bits per heavy atom. The third kappa shape index (κ3) is 4.12. The Morgan fingerprint density at radius 3 is 2.23 bits per heavy atom. The van der Waals surface area contributed by atoms with Crippen molar-refractivity contribution in [3.8, 4) is 0 Å². The largest absolute Gasteiger partial charge is 0.349 e. The van der Waals surface area contributed by atoms with E-state index in [9.17, 15) is 9.59 Å². The summed E-state index contributed by atoms with van der Waals surface area (Å²) in [4.78, 5) is 33.6. The molecule has 2 aromatic rings. The quantitative estimate of drug-likeness (QED) is 0.869. The molecule has 0 aliphatic carbocycles. The minimum absolute atomic E-state index is 0.206. The van der Waals surface area contributed by atoms with Crippen molar-refractivity contribution in [2.45, 2.75) is 0 Å². The fourth-order valence-electron chi connectivity index (χ4n) is 1.86. The van der Waals surface area contributed by atoms with Crippen LogP contribution in [0.15, 0.2) is 48.8 Å². The maximum atomic E-state index is 12.2. The van der Waals surface area contributed by atoms with Crippen LogP contribution in [-0.4, -0.2) is 46.3 Å². The summed E-state index contributed by atoms with van der Waals surface area (Å²) in [5.74, 6) is -0.474. The van der Waals surface area contributed by atoms with Crippen LogP contribution in [-0.2, 0) is 0 Å². The van der Waals surface area contributed by atoms with Crippen LogP contribution in [0.25, 0.3) is 0 Å². The lowest BCUT2D eigenvalue weighted by molar-refractivity contribution is 0.0760. The number of rotatable bonds is 6. The Bertz CT molecular complexity index is 617. The van der Waals surface area contributed by atoms with E-state index in [1.807, 2.05) is 0 Å². The lowest BCUT2D eigenvalue weighted by Gasteiger charge is -2.20. The van der Waals surface area contributed by atoms with Gasteiger partial charge in [-0.2, -0.15) is 0 Å². The fourth-order valence-corrected chi connectivity index (χ4v) is 1.86. The van der Waals surface area contributed by atoms with Gasteiger partial charge in [0.1, 0.15) is 11.4 Å². The summed E-state index contributed by atoms with van der Waals surface area (Å²) in [6.07, 6.45) is 3.12. The van der Waals surface area contributed by atoms with Gasteiger partial charge in [-0.15, -0.1) is 0 Å². The van der Waals surface area contributed by atoms with E-state index in [0.29, 0.717) is 31.0 Å². The standard InChI is InChI=1S/C16H17N4O2/c1-2-20(16(22)14-8-4-6-10-18-14)12-11-19-15(21)13-7-3-5-9-17-13/h3-10H,1-2,11-12H2,(H,19,21). The van der Waals surface area contributed by atoms with Gasteiger partial charge >= 0.3 is 0 Å². The van der Waals surface area contributed by atoms with Crippen molar-refractivity contribution in [1.29, 1.82) is 0 Å². The molecule has 6 nitrogen and oxygen atoms in total. The van der Waals surface area contributed by atoms with Crippen molar-refractivity contribution in [3.63, 3.8) is 0 Å². The third-order valence-electron chi connectivity index (χ3n) is 3.01. The van der Waals surface area contributed by atoms with Gasteiger partial charge in [-0.1, -0.05) is 12.1 Å². The second-order valence-electron chi connectivity index (χ2n) is 4.48. The number of carbonyl (C=O) groups excluding carboxylic acids is 2. The number of nitrogens with zero attached hydrogens (tertiary/aromatic N) is 3. The summed E-state index contributed by atoms with van der Waals surface area (Å²) in [5.41, 5.74) is 0.710. The van der Waals surface area contributed by atoms with Crippen LogP contribution in [0.4, 0.5) is 0 Å². The summed E-state index contributed by atoms with van der Waals surface area (Å²) < 4.78 is 0. The van der Waals surface area contributed by atoms with E-state index in [-0.39, 0.29) is 11.8 Å². The van der Waals surface area contributed by atoms with E-state index in [4.69, 9.17) is 0 Å². The van der Waals surface area contributed by atoms with Crippen molar-refractivity contribution in [1.82, 2.24) is 20.2 Å². The molecule has 113 valence electrons. The predicted molar refractivity (Wildman–Crippen MR) is 82.1 cm³/mol. The van der Waals surface area contributed by atoms with Crippen LogP contribution in [0.3, 0.4) is 0 Å². The van der Waals surface area contributed by atoms with Crippen molar-refractivity contribution >= 4 is 11.8 Å². The van der Waals surface area contributed by atoms with Crippen molar-refractivity contribution in [2.75, 3.05) is 19.6 Å². The lowest BCUT2D eigenvalue weighted by atomic mass is 10.3. The van der Waals surface area contributed by atoms with Gasteiger partial charge < -0.3 is 10.2 Å². The normalized spacial score (nSPS) is 10.0. The van der Waals surface area contributed by atoms with Crippen LogP contribution in [0.1, 0.15) is 21.0 Å². The van der Waals surface area contributed by atoms with Crippen molar-refractivity contribution in [3.05, 3.63) is 67.1 Å². The Kier molecular flexibility index (Phi) is 5.59. The average Bonchev–Trinajstić information content (AvgIpc) is 2.59. The molecule has 2 aromatic heterocycles. The van der Waals surface area contributed by atoms with E-state index >= 15 is 0 Å². The molecule has 2 amide bonds. The predicted octanol–water partition coefficient (Wildman–Crippen LogP) is 1.18. The van der Waals surface area contributed by atoms with Gasteiger partial charge in [0.05, 0.1) is 0 Å². The summed E-state index contributed by atoms with van der Waals surface area (Å²) in [6, 6.07) is 10.3. The highest BCUT2D eigenvalue weighted by atomic mass is 16.2. The molecule has 0 aromatic carbocycles. The monoisotopic (exact) mass is 297 g/mol. The molecule has 0 aliphatic heterocycles. The highest BCUT2D eigenvalue weighted by Crippen LogP contribution is 2.01. The van der Waals surface area contributed by atoms with Gasteiger partial charge in [0.2, 0.25) is 0 Å². The van der Waals surface area contributed by atoms with Crippen molar-refractivity contribution < 1.29 is 9.59 Å². The van der Waals surface area contributed by atoms with E-state index in [0.717, 1.165) is 0 Å². The number of hydrogen-bond donors (Lipinski definition) is 1. The van der Waals surface area contributed by atoms with Crippen LogP contribution >= 0.6 is 0 Å². The molecule has 1 radical (unpaired) electrons. The molecule has 0 atom stereocenters. The smallest absolute Gasteiger partial charge is 0.272 e. The first kappa shape index (κ1) is 15.6. The average molecular weight is 297 g/mol. The van der Waals surface area contributed by atoms with Crippen LogP contribution in [0.5, 0.6) is 0 Å². The zero-order chi connectivity index (χ0) is 15.8. The number of hydrogen-bond acceptors (Lipinski definition) is 4. The van der Waals surface area contributed by atoms with Gasteiger partial charge in [0, 0.05) is 32.0 Å². The highest BCUT2D eigenvalue weighted by molar-refractivity contribution is 5.93. The molecule has 0 aliphatic rings. The van der Waals surface area contributed by atoms with Gasteiger partial charge in [0.15, 0.2) is 0 Å². The van der Waals surface area contributed by atoms with Gasteiger partial charge in [-0.05, 0) is 31.2 Å². The zero-order valence-electron chi connectivity index (χ0n) is 12.1. The third-order valence-corrected chi connectivity index (χ3v) is 3.01. The molecule has 0 saturated carbocycles. The molecular weight excluding hydrogens is 280 g/mol. The second kappa shape index (κ2) is 7.87. The minimum Gasteiger partial charge on any atom is -0.349 e. The number of pyridine rings is 2. The second-order valence-corrected chi connectivity index (χ2v) is 4.48. The Hall–Kier alpha value is -2.76. The first-order valence-corrected chi connectivity index (χ1v) is 6.91. The first-order chi connectivity index (χ1) is 10.7. The SMILES string of the molecule is [CH2]CN(CCNC(=O)c1ccccn1)C(=O)c1ccccn1. The van der Waals surface area contributed by atoms with E-state index < -0.39 is 0 Å². The van der Waals surface area contributed by atoms with Crippen molar-refractivity contribution in [2.24, 2.45) is 0 Å². The van der Waals surface area contributed by atoms with Gasteiger partial charge in [-0.25, -0.2) is 0 Å². The summed E-state index contributed by atoms with van der Waals surface area (Å²) >= 11 is 0. The molecule has 0 fully saturated rings. The molecule has 2 rings (SSSR count). The maximum Gasteiger partial charge on any atom is 0.272 e. The lowest BCUT2D eigenvalue weighted by Crippen LogP contribution is -2.39. The molecule has 6 heteroatoms. The zero-order valence-corrected chi connectivity index (χ0v) is 12.1. The number of nitrogens with one attached hydrogen (secondary N) is 1. The summed E-state index contributed by atoms with van der Waals surface area (Å²) in [5, 5.41) is 2.73. The summed E-state index contributed by atoms with van der Waals surface area (Å²) in [7, 11) is 0. The molecule has 2 heterocycles. The van der Waals surface area contributed by atoms with Crippen LogP contribution < -0.4 is 5.32 Å². The molecule has 0 spiro atoms. The fraction of sp³-hybridized carbons (Fsp3) is 0.188. The number of aromatic nitrogens is 2. The topological polar surface area (TPSA) is 75.2 Å².